The Morgan fingerprint density at radius 3 is 2.67 bits per heavy atom. The molecule has 3 nitrogen and oxygen atoms in total. The third kappa shape index (κ3) is 1.81. The predicted octanol–water partition coefficient (Wildman–Crippen LogP) is 2.46. The van der Waals surface area contributed by atoms with Gasteiger partial charge in [0, 0.05) is 18.3 Å². The van der Waals surface area contributed by atoms with Crippen molar-refractivity contribution in [2.75, 3.05) is 5.73 Å². The van der Waals surface area contributed by atoms with Gasteiger partial charge in [-0.2, -0.15) is 0 Å². The molecular weight excluding hydrogens is 188 g/mol. The molecule has 0 unspecified atom stereocenters. The van der Waals surface area contributed by atoms with Gasteiger partial charge >= 0.3 is 0 Å². The van der Waals surface area contributed by atoms with Gasteiger partial charge in [-0.15, -0.1) is 0 Å². The number of benzene rings is 1. The van der Waals surface area contributed by atoms with Gasteiger partial charge in [-0.3, -0.25) is 0 Å². The van der Waals surface area contributed by atoms with Crippen molar-refractivity contribution in [2.45, 2.75) is 13.5 Å². The van der Waals surface area contributed by atoms with Gasteiger partial charge in [0.15, 0.2) is 0 Å². The molecule has 1 aromatic heterocycles. The van der Waals surface area contributed by atoms with Crippen LogP contribution >= 0.6 is 0 Å². The van der Waals surface area contributed by atoms with Crippen LogP contribution in [0.25, 0.3) is 11.1 Å². The summed E-state index contributed by atoms with van der Waals surface area (Å²) in [4.78, 5) is 0. The normalized spacial score (nSPS) is 10.5. The maximum atomic E-state index is 9.37. The van der Waals surface area contributed by atoms with E-state index in [4.69, 9.17) is 5.73 Å². The second-order valence-corrected chi connectivity index (χ2v) is 3.49. The summed E-state index contributed by atoms with van der Waals surface area (Å²) in [5.41, 5.74) is 7.84. The van der Waals surface area contributed by atoms with Gasteiger partial charge in [-0.05, 0) is 30.7 Å². The summed E-state index contributed by atoms with van der Waals surface area (Å²) in [5, 5.41) is 9.37. The number of nitrogens with zero attached hydrogens (tertiary/aromatic N) is 1. The summed E-state index contributed by atoms with van der Waals surface area (Å²) < 4.78 is 1.97. The Morgan fingerprint density at radius 2 is 2.07 bits per heavy atom. The van der Waals surface area contributed by atoms with Crippen molar-refractivity contribution in [3.63, 3.8) is 0 Å². The molecule has 0 aliphatic heterocycles. The lowest BCUT2D eigenvalue weighted by Gasteiger charge is -1.99. The largest absolute Gasteiger partial charge is 0.508 e. The first-order valence-corrected chi connectivity index (χ1v) is 4.95. The second-order valence-electron chi connectivity index (χ2n) is 3.49. The number of aromatic hydroxyl groups is 1. The van der Waals surface area contributed by atoms with Gasteiger partial charge in [0.2, 0.25) is 0 Å². The monoisotopic (exact) mass is 202 g/mol. The van der Waals surface area contributed by atoms with Gasteiger partial charge in [-0.1, -0.05) is 12.1 Å². The molecule has 1 aromatic carbocycles. The first kappa shape index (κ1) is 9.65. The maximum Gasteiger partial charge on any atom is 0.116 e. The molecule has 2 aromatic rings. The van der Waals surface area contributed by atoms with Crippen LogP contribution in [0.1, 0.15) is 6.92 Å². The number of anilines is 1. The van der Waals surface area contributed by atoms with Crippen molar-refractivity contribution in [3.05, 3.63) is 36.5 Å². The summed E-state index contributed by atoms with van der Waals surface area (Å²) in [5.74, 6) is 1.02. The molecule has 0 amide bonds. The van der Waals surface area contributed by atoms with Crippen molar-refractivity contribution < 1.29 is 5.11 Å². The minimum Gasteiger partial charge on any atom is -0.508 e. The topological polar surface area (TPSA) is 51.2 Å². The van der Waals surface area contributed by atoms with Gasteiger partial charge in [-0.25, -0.2) is 0 Å². The molecule has 78 valence electrons. The lowest BCUT2D eigenvalue weighted by atomic mass is 10.1. The first-order valence-electron chi connectivity index (χ1n) is 4.95. The van der Waals surface area contributed by atoms with E-state index in [1.165, 1.54) is 0 Å². The summed E-state index contributed by atoms with van der Waals surface area (Å²) >= 11 is 0. The van der Waals surface area contributed by atoms with Gasteiger partial charge in [0.1, 0.15) is 11.6 Å². The number of nitrogens with two attached hydrogens (primary N) is 1. The van der Waals surface area contributed by atoms with Crippen LogP contribution in [0.15, 0.2) is 36.5 Å². The standard InChI is InChI=1S/C12H14N2O/c1-2-14-8-10(7-12(14)13)9-4-3-5-11(15)6-9/h3-8,15H,2,13H2,1H3. The molecule has 0 atom stereocenters. The van der Waals surface area contributed by atoms with Crippen LogP contribution in [0.5, 0.6) is 5.75 Å². The van der Waals surface area contributed by atoms with Crippen LogP contribution in [0.2, 0.25) is 0 Å². The highest BCUT2D eigenvalue weighted by Gasteiger charge is 2.04. The highest BCUT2D eigenvalue weighted by atomic mass is 16.3. The summed E-state index contributed by atoms with van der Waals surface area (Å²) in [6.45, 7) is 2.90. The molecule has 3 N–H and O–H groups in total. The summed E-state index contributed by atoms with van der Waals surface area (Å²) in [6.07, 6.45) is 1.99. The zero-order valence-electron chi connectivity index (χ0n) is 8.64. The van der Waals surface area contributed by atoms with Crippen LogP contribution in [0, 0.1) is 0 Å². The van der Waals surface area contributed by atoms with E-state index in [9.17, 15) is 5.11 Å². The molecule has 0 bridgehead atoms. The van der Waals surface area contributed by atoms with Gasteiger partial charge in [0.25, 0.3) is 0 Å². The average Bonchev–Trinajstić information content (AvgIpc) is 2.60. The number of nitrogen functional groups attached to an aromatic ring is 1. The molecule has 2 rings (SSSR count). The fourth-order valence-corrected chi connectivity index (χ4v) is 1.64. The predicted molar refractivity (Wildman–Crippen MR) is 61.6 cm³/mol. The number of rotatable bonds is 2. The Balaban J connectivity index is 2.45. The van der Waals surface area contributed by atoms with Crippen LogP contribution < -0.4 is 5.73 Å². The maximum absolute atomic E-state index is 9.37. The quantitative estimate of drug-likeness (QED) is 0.786. The van der Waals surface area contributed by atoms with Crippen molar-refractivity contribution in [2.24, 2.45) is 0 Å². The average molecular weight is 202 g/mol. The van der Waals surface area contributed by atoms with E-state index in [1.807, 2.05) is 35.9 Å². The van der Waals surface area contributed by atoms with E-state index in [2.05, 4.69) is 0 Å². The minimum atomic E-state index is 0.273. The van der Waals surface area contributed by atoms with Crippen molar-refractivity contribution >= 4 is 5.82 Å². The van der Waals surface area contributed by atoms with E-state index in [0.717, 1.165) is 23.5 Å². The Morgan fingerprint density at radius 1 is 1.27 bits per heavy atom. The van der Waals surface area contributed by atoms with Crippen LogP contribution in [0.4, 0.5) is 5.82 Å². The van der Waals surface area contributed by atoms with Crippen molar-refractivity contribution in [1.82, 2.24) is 4.57 Å². The molecule has 0 radical (unpaired) electrons. The number of phenols is 1. The number of aromatic nitrogens is 1. The molecular formula is C12H14N2O. The van der Waals surface area contributed by atoms with Crippen LogP contribution in [-0.4, -0.2) is 9.67 Å². The highest BCUT2D eigenvalue weighted by Crippen LogP contribution is 2.26. The Bertz CT molecular complexity index is 474. The van der Waals surface area contributed by atoms with E-state index in [0.29, 0.717) is 0 Å². The Kier molecular flexibility index (Phi) is 2.37. The van der Waals surface area contributed by atoms with Gasteiger partial charge < -0.3 is 15.4 Å². The second kappa shape index (κ2) is 3.69. The lowest BCUT2D eigenvalue weighted by Crippen LogP contribution is -1.97. The number of aryl methyl sites for hydroxylation is 1. The van der Waals surface area contributed by atoms with Crippen molar-refractivity contribution in [3.8, 4) is 16.9 Å². The zero-order valence-corrected chi connectivity index (χ0v) is 8.64. The number of hydrogen-bond donors (Lipinski definition) is 2. The van der Waals surface area contributed by atoms with E-state index in [1.54, 1.807) is 12.1 Å². The highest BCUT2D eigenvalue weighted by molar-refractivity contribution is 5.68. The third-order valence-corrected chi connectivity index (χ3v) is 2.45. The zero-order chi connectivity index (χ0) is 10.8. The summed E-state index contributed by atoms with van der Waals surface area (Å²) in [6, 6.07) is 9.08. The Hall–Kier alpha value is -1.90. The van der Waals surface area contributed by atoms with Gasteiger partial charge in [0.05, 0.1) is 0 Å². The van der Waals surface area contributed by atoms with E-state index >= 15 is 0 Å². The molecule has 0 saturated heterocycles. The lowest BCUT2D eigenvalue weighted by molar-refractivity contribution is 0.475. The molecule has 1 heterocycles. The Labute approximate surface area is 88.8 Å². The van der Waals surface area contributed by atoms with E-state index in [-0.39, 0.29) is 5.75 Å². The molecule has 0 saturated carbocycles. The fourth-order valence-electron chi connectivity index (χ4n) is 1.64. The molecule has 0 aliphatic carbocycles. The number of phenolic OH excluding ortho intramolecular Hbond substituents is 1. The SMILES string of the molecule is CCn1cc(-c2cccc(O)c2)cc1N. The first-order chi connectivity index (χ1) is 7.20. The van der Waals surface area contributed by atoms with Crippen molar-refractivity contribution in [1.29, 1.82) is 0 Å². The molecule has 0 fully saturated rings. The molecule has 0 aliphatic rings. The van der Waals surface area contributed by atoms with Crippen LogP contribution in [-0.2, 0) is 6.54 Å². The molecule has 3 heteroatoms. The minimum absolute atomic E-state index is 0.273. The molecule has 15 heavy (non-hydrogen) atoms. The smallest absolute Gasteiger partial charge is 0.116 e. The van der Waals surface area contributed by atoms with E-state index < -0.39 is 0 Å². The summed E-state index contributed by atoms with van der Waals surface area (Å²) in [7, 11) is 0. The third-order valence-electron chi connectivity index (χ3n) is 2.45. The number of hydrogen-bond acceptors (Lipinski definition) is 2. The fraction of sp³-hybridized carbons (Fsp3) is 0.167. The van der Waals surface area contributed by atoms with Crippen LogP contribution in [0.3, 0.4) is 0 Å². The molecule has 0 spiro atoms.